The Hall–Kier alpha value is -2.02. The second kappa shape index (κ2) is 4.46. The Kier molecular flexibility index (Phi) is 3.01. The number of nitrogen functional groups attached to an aromatic ring is 1. The highest BCUT2D eigenvalue weighted by molar-refractivity contribution is 7.19. The van der Waals surface area contributed by atoms with Crippen molar-refractivity contribution in [2.75, 3.05) is 11.1 Å². The van der Waals surface area contributed by atoms with E-state index in [0.29, 0.717) is 0 Å². The Balaban J connectivity index is 2.20. The Morgan fingerprint density at radius 1 is 1.47 bits per heavy atom. The van der Waals surface area contributed by atoms with Gasteiger partial charge >= 0.3 is 0 Å². The maximum Gasteiger partial charge on any atom is 0.260 e. The van der Waals surface area contributed by atoms with E-state index in [4.69, 9.17) is 5.73 Å². The molecule has 0 radical (unpaired) electrons. The summed E-state index contributed by atoms with van der Waals surface area (Å²) >= 11 is 1.02. The summed E-state index contributed by atoms with van der Waals surface area (Å²) in [5, 5.41) is 10.1. The molecule has 0 fully saturated rings. The van der Waals surface area contributed by atoms with E-state index in [1.807, 2.05) is 0 Å². The van der Waals surface area contributed by atoms with Crippen LogP contribution in [0.2, 0.25) is 0 Å². The van der Waals surface area contributed by atoms with Crippen LogP contribution < -0.4 is 11.1 Å². The van der Waals surface area contributed by atoms with E-state index >= 15 is 0 Å². The molecule has 2 aromatic rings. The van der Waals surface area contributed by atoms with Crippen LogP contribution in [0.5, 0.6) is 0 Å². The van der Waals surface area contributed by atoms with E-state index in [1.54, 1.807) is 13.0 Å². The van der Waals surface area contributed by atoms with Crippen LogP contribution in [0, 0.1) is 12.7 Å². The number of benzene rings is 1. The molecule has 0 atom stereocenters. The van der Waals surface area contributed by atoms with Crippen LogP contribution in [0.1, 0.15) is 15.9 Å². The number of carbonyl (C=O) groups excluding carboxylic acids is 1. The monoisotopic (exact) mass is 252 g/mol. The maximum atomic E-state index is 13.5. The molecule has 17 heavy (non-hydrogen) atoms. The summed E-state index contributed by atoms with van der Waals surface area (Å²) in [7, 11) is 0. The van der Waals surface area contributed by atoms with Gasteiger partial charge in [-0.15, -0.1) is 10.2 Å². The fourth-order valence-corrected chi connectivity index (χ4v) is 1.76. The van der Waals surface area contributed by atoms with Gasteiger partial charge in [0.1, 0.15) is 5.82 Å². The zero-order valence-corrected chi connectivity index (χ0v) is 9.71. The van der Waals surface area contributed by atoms with Crippen molar-refractivity contribution in [2.24, 2.45) is 0 Å². The van der Waals surface area contributed by atoms with E-state index < -0.39 is 11.7 Å². The van der Waals surface area contributed by atoms with Crippen molar-refractivity contribution < 1.29 is 9.18 Å². The van der Waals surface area contributed by atoms with Gasteiger partial charge < -0.3 is 5.73 Å². The highest BCUT2D eigenvalue weighted by Gasteiger charge is 2.13. The molecule has 0 spiro atoms. The smallest absolute Gasteiger partial charge is 0.260 e. The molecule has 1 aromatic carbocycles. The lowest BCUT2D eigenvalue weighted by molar-refractivity contribution is 0.102. The second-order valence-corrected chi connectivity index (χ2v) is 4.39. The molecular formula is C10H9FN4OS. The summed E-state index contributed by atoms with van der Waals surface area (Å²) in [6, 6.07) is 4.38. The number of aromatic nitrogens is 2. The summed E-state index contributed by atoms with van der Waals surface area (Å²) in [4.78, 5) is 11.7. The highest BCUT2D eigenvalue weighted by Crippen LogP contribution is 2.18. The first-order valence-electron chi connectivity index (χ1n) is 4.73. The molecule has 3 N–H and O–H groups in total. The standard InChI is InChI=1S/C10H9FN4OS/c1-5-2-3-6(7(11)4-5)8(16)13-10-15-14-9(12)17-10/h2-4H,1H3,(H2,12,14)(H,13,15,16). The van der Waals surface area contributed by atoms with Crippen molar-refractivity contribution in [1.82, 2.24) is 10.2 Å². The molecule has 1 aromatic heterocycles. The van der Waals surface area contributed by atoms with Gasteiger partial charge in [0.05, 0.1) is 5.56 Å². The fourth-order valence-electron chi connectivity index (χ4n) is 1.25. The first-order chi connectivity index (χ1) is 8.06. The molecule has 88 valence electrons. The van der Waals surface area contributed by atoms with Crippen molar-refractivity contribution in [3.05, 3.63) is 35.1 Å². The number of amides is 1. The van der Waals surface area contributed by atoms with Crippen LogP contribution in [0.15, 0.2) is 18.2 Å². The predicted molar refractivity (Wildman–Crippen MR) is 63.4 cm³/mol. The molecule has 5 nitrogen and oxygen atoms in total. The zero-order chi connectivity index (χ0) is 12.4. The Bertz CT molecular complexity index is 569. The molecule has 1 heterocycles. The molecule has 2 rings (SSSR count). The van der Waals surface area contributed by atoms with Gasteiger partial charge in [0.25, 0.3) is 5.91 Å². The number of nitrogens with two attached hydrogens (primary N) is 1. The topological polar surface area (TPSA) is 80.9 Å². The van der Waals surface area contributed by atoms with Crippen molar-refractivity contribution in [2.45, 2.75) is 6.92 Å². The maximum absolute atomic E-state index is 13.5. The minimum absolute atomic E-state index is 0.0376. The van der Waals surface area contributed by atoms with Crippen LogP contribution >= 0.6 is 11.3 Å². The van der Waals surface area contributed by atoms with Gasteiger partial charge in [-0.1, -0.05) is 17.4 Å². The fraction of sp³-hybridized carbons (Fsp3) is 0.100. The van der Waals surface area contributed by atoms with E-state index in [-0.39, 0.29) is 15.8 Å². The first kappa shape index (κ1) is 11.5. The molecule has 0 aliphatic carbocycles. The molecule has 0 bridgehead atoms. The normalized spacial score (nSPS) is 10.2. The summed E-state index contributed by atoms with van der Waals surface area (Å²) in [6.45, 7) is 1.75. The van der Waals surface area contributed by atoms with Gasteiger partial charge in [-0.05, 0) is 24.6 Å². The zero-order valence-electron chi connectivity index (χ0n) is 8.90. The first-order valence-corrected chi connectivity index (χ1v) is 5.54. The van der Waals surface area contributed by atoms with Gasteiger partial charge in [0, 0.05) is 0 Å². The number of rotatable bonds is 2. The predicted octanol–water partition coefficient (Wildman–Crippen LogP) is 1.82. The molecule has 0 saturated carbocycles. The Labute approximate surface area is 100 Å². The third-order valence-electron chi connectivity index (χ3n) is 2.03. The Morgan fingerprint density at radius 3 is 2.82 bits per heavy atom. The number of nitrogens with one attached hydrogen (secondary N) is 1. The molecule has 0 saturated heterocycles. The van der Waals surface area contributed by atoms with Crippen molar-refractivity contribution >= 4 is 27.5 Å². The number of aryl methyl sites for hydroxylation is 1. The van der Waals surface area contributed by atoms with Crippen LogP contribution in [0.4, 0.5) is 14.7 Å². The van der Waals surface area contributed by atoms with Crippen LogP contribution in [0.25, 0.3) is 0 Å². The summed E-state index contributed by atoms with van der Waals surface area (Å²) < 4.78 is 13.5. The quantitative estimate of drug-likeness (QED) is 0.854. The summed E-state index contributed by atoms with van der Waals surface area (Å²) in [5.41, 5.74) is 6.07. The van der Waals surface area contributed by atoms with Crippen molar-refractivity contribution in [3.63, 3.8) is 0 Å². The number of halogens is 1. The molecule has 7 heteroatoms. The van der Waals surface area contributed by atoms with E-state index in [0.717, 1.165) is 16.9 Å². The second-order valence-electron chi connectivity index (χ2n) is 3.38. The lowest BCUT2D eigenvalue weighted by Crippen LogP contribution is -2.13. The van der Waals surface area contributed by atoms with Gasteiger partial charge in [0.15, 0.2) is 0 Å². The molecule has 0 aliphatic heterocycles. The average molecular weight is 252 g/mol. The van der Waals surface area contributed by atoms with Crippen LogP contribution in [0.3, 0.4) is 0 Å². The number of hydrogen-bond donors (Lipinski definition) is 2. The van der Waals surface area contributed by atoms with Crippen LogP contribution in [-0.4, -0.2) is 16.1 Å². The summed E-state index contributed by atoms with van der Waals surface area (Å²) in [5.74, 6) is -1.14. The van der Waals surface area contributed by atoms with Gasteiger partial charge in [-0.3, -0.25) is 10.1 Å². The van der Waals surface area contributed by atoms with E-state index in [1.165, 1.54) is 12.1 Å². The SMILES string of the molecule is Cc1ccc(C(=O)Nc2nnc(N)s2)c(F)c1. The minimum atomic E-state index is -0.571. The number of carbonyl (C=O) groups is 1. The van der Waals surface area contributed by atoms with Crippen LogP contribution in [-0.2, 0) is 0 Å². The van der Waals surface area contributed by atoms with Gasteiger partial charge in [0.2, 0.25) is 10.3 Å². The number of nitrogens with zero attached hydrogens (tertiary/aromatic N) is 2. The molecule has 0 unspecified atom stereocenters. The van der Waals surface area contributed by atoms with Gasteiger partial charge in [-0.25, -0.2) is 4.39 Å². The van der Waals surface area contributed by atoms with E-state index in [9.17, 15) is 9.18 Å². The third-order valence-corrected chi connectivity index (χ3v) is 2.70. The lowest BCUT2D eigenvalue weighted by Gasteiger charge is -2.03. The average Bonchev–Trinajstić information content (AvgIpc) is 2.63. The number of anilines is 2. The lowest BCUT2D eigenvalue weighted by atomic mass is 10.1. The molecule has 1 amide bonds. The largest absolute Gasteiger partial charge is 0.374 e. The van der Waals surface area contributed by atoms with Crippen molar-refractivity contribution in [1.29, 1.82) is 0 Å². The molecule has 0 aliphatic rings. The summed E-state index contributed by atoms with van der Waals surface area (Å²) in [6.07, 6.45) is 0. The third kappa shape index (κ3) is 2.56. The molecular weight excluding hydrogens is 243 g/mol. The Morgan fingerprint density at radius 2 is 2.24 bits per heavy atom. The minimum Gasteiger partial charge on any atom is -0.374 e. The van der Waals surface area contributed by atoms with E-state index in [2.05, 4.69) is 15.5 Å². The highest BCUT2D eigenvalue weighted by atomic mass is 32.1. The van der Waals surface area contributed by atoms with Gasteiger partial charge in [-0.2, -0.15) is 0 Å². The number of hydrogen-bond acceptors (Lipinski definition) is 5. The van der Waals surface area contributed by atoms with Crippen molar-refractivity contribution in [3.8, 4) is 0 Å².